The van der Waals surface area contributed by atoms with E-state index in [0.717, 1.165) is 12.3 Å². The van der Waals surface area contributed by atoms with Crippen LogP contribution in [0.5, 0.6) is 0 Å². The summed E-state index contributed by atoms with van der Waals surface area (Å²) < 4.78 is 0. The first-order valence-corrected chi connectivity index (χ1v) is 4.22. The van der Waals surface area contributed by atoms with Crippen LogP contribution < -0.4 is 0 Å². The molecule has 2 nitrogen and oxygen atoms in total. The summed E-state index contributed by atoms with van der Waals surface area (Å²) in [5, 5.41) is 2.88. The van der Waals surface area contributed by atoms with E-state index in [0.29, 0.717) is 6.54 Å². The largest absolute Gasteiger partial charge is 0.151 e. The Hall–Kier alpha value is -0.400. The highest BCUT2D eigenvalue weighted by molar-refractivity contribution is 4.66. The maximum atomic E-state index is 9.80. The van der Waals surface area contributed by atoms with Gasteiger partial charge in [-0.1, -0.05) is 37.3 Å². The van der Waals surface area contributed by atoms with Crippen molar-refractivity contribution < 1.29 is 0 Å². The van der Waals surface area contributed by atoms with Gasteiger partial charge < -0.3 is 0 Å². The molecule has 0 atom stereocenters. The zero-order chi connectivity index (χ0) is 7.23. The molecule has 2 heteroatoms. The summed E-state index contributed by atoms with van der Waals surface area (Å²) in [5.74, 6) is 0.812. The minimum absolute atomic E-state index is 0.532. The highest BCUT2D eigenvalue weighted by atomic mass is 16.3. The summed E-state index contributed by atoms with van der Waals surface area (Å²) in [6.07, 6.45) is 7.81. The molecular weight excluding hydrogens is 126 g/mol. The van der Waals surface area contributed by atoms with Gasteiger partial charge in [0.1, 0.15) is 0 Å². The smallest absolute Gasteiger partial charge is 0.0813 e. The van der Waals surface area contributed by atoms with Crippen LogP contribution in [0.2, 0.25) is 0 Å². The van der Waals surface area contributed by atoms with E-state index in [-0.39, 0.29) is 0 Å². The Morgan fingerprint density at radius 2 is 1.90 bits per heavy atom. The van der Waals surface area contributed by atoms with Gasteiger partial charge in [0.25, 0.3) is 0 Å². The fraction of sp³-hybridized carbons (Fsp3) is 1.00. The van der Waals surface area contributed by atoms with Crippen LogP contribution >= 0.6 is 0 Å². The van der Waals surface area contributed by atoms with Crippen molar-refractivity contribution in [3.8, 4) is 0 Å². The van der Waals surface area contributed by atoms with Crippen molar-refractivity contribution in [1.82, 2.24) is 0 Å². The molecule has 0 aliphatic heterocycles. The van der Waals surface area contributed by atoms with E-state index in [4.69, 9.17) is 0 Å². The van der Waals surface area contributed by atoms with Crippen LogP contribution in [-0.4, -0.2) is 6.54 Å². The molecule has 0 heterocycles. The van der Waals surface area contributed by atoms with Crippen LogP contribution in [0, 0.1) is 10.8 Å². The van der Waals surface area contributed by atoms with E-state index >= 15 is 0 Å². The van der Waals surface area contributed by atoms with E-state index in [9.17, 15) is 4.91 Å². The molecule has 0 aromatic heterocycles. The number of hydrogen-bond acceptors (Lipinski definition) is 2. The van der Waals surface area contributed by atoms with Crippen LogP contribution in [0.15, 0.2) is 5.18 Å². The molecule has 0 aromatic rings. The number of hydrogen-bond donors (Lipinski definition) is 0. The van der Waals surface area contributed by atoms with Gasteiger partial charge in [-0.25, -0.2) is 0 Å². The number of nitroso groups, excluding NO2 is 1. The Labute approximate surface area is 62.0 Å². The Morgan fingerprint density at radius 1 is 1.20 bits per heavy atom. The van der Waals surface area contributed by atoms with E-state index in [1.165, 1.54) is 32.1 Å². The van der Waals surface area contributed by atoms with E-state index < -0.39 is 0 Å². The lowest BCUT2D eigenvalue weighted by Gasteiger charge is -2.19. The van der Waals surface area contributed by atoms with Crippen molar-refractivity contribution in [2.75, 3.05) is 6.54 Å². The van der Waals surface area contributed by atoms with Crippen LogP contribution in [0.25, 0.3) is 0 Å². The van der Waals surface area contributed by atoms with E-state index in [2.05, 4.69) is 5.18 Å². The normalized spacial score (nSPS) is 20.8. The second kappa shape index (κ2) is 4.42. The predicted octanol–water partition coefficient (Wildman–Crippen LogP) is 2.72. The second-order valence-corrected chi connectivity index (χ2v) is 3.15. The molecule has 1 aliphatic rings. The molecular formula is C8H15NO. The van der Waals surface area contributed by atoms with Gasteiger partial charge in [0, 0.05) is 0 Å². The van der Waals surface area contributed by atoms with Gasteiger partial charge in [-0.2, -0.15) is 4.91 Å². The fourth-order valence-corrected chi connectivity index (χ4v) is 1.71. The summed E-state index contributed by atoms with van der Waals surface area (Å²) >= 11 is 0. The molecule has 1 aliphatic carbocycles. The second-order valence-electron chi connectivity index (χ2n) is 3.15. The van der Waals surface area contributed by atoms with E-state index in [1.807, 2.05) is 0 Å². The molecule has 0 spiro atoms. The minimum Gasteiger partial charge on any atom is -0.151 e. The summed E-state index contributed by atoms with van der Waals surface area (Å²) in [7, 11) is 0. The Bertz CT molecular complexity index is 97.4. The average molecular weight is 141 g/mol. The Morgan fingerprint density at radius 3 is 2.50 bits per heavy atom. The van der Waals surface area contributed by atoms with Crippen molar-refractivity contribution in [2.24, 2.45) is 11.1 Å². The third kappa shape index (κ3) is 2.46. The van der Waals surface area contributed by atoms with Crippen molar-refractivity contribution in [1.29, 1.82) is 0 Å². The minimum atomic E-state index is 0.532. The zero-order valence-corrected chi connectivity index (χ0v) is 6.38. The highest BCUT2D eigenvalue weighted by Gasteiger charge is 2.12. The lowest BCUT2D eigenvalue weighted by molar-refractivity contribution is 0.343. The molecule has 0 saturated heterocycles. The van der Waals surface area contributed by atoms with Gasteiger partial charge in [0.15, 0.2) is 0 Å². The SMILES string of the molecule is O=NCCC1CCCCC1. The van der Waals surface area contributed by atoms with Crippen LogP contribution in [0.1, 0.15) is 38.5 Å². The van der Waals surface area contributed by atoms with Crippen molar-refractivity contribution >= 4 is 0 Å². The summed E-state index contributed by atoms with van der Waals surface area (Å²) in [5.41, 5.74) is 0. The average Bonchev–Trinajstić information content (AvgIpc) is 2.03. The maximum absolute atomic E-state index is 9.80. The highest BCUT2D eigenvalue weighted by Crippen LogP contribution is 2.25. The predicted molar refractivity (Wildman–Crippen MR) is 41.9 cm³/mol. The molecule has 0 amide bonds. The lowest BCUT2D eigenvalue weighted by Crippen LogP contribution is -2.06. The molecule has 58 valence electrons. The first kappa shape index (κ1) is 7.70. The topological polar surface area (TPSA) is 29.4 Å². The first-order valence-electron chi connectivity index (χ1n) is 4.22. The third-order valence-corrected chi connectivity index (χ3v) is 2.35. The molecule has 1 rings (SSSR count). The van der Waals surface area contributed by atoms with Crippen LogP contribution in [0.4, 0.5) is 0 Å². The standard InChI is InChI=1S/C8H15NO/c10-9-7-6-8-4-2-1-3-5-8/h8H,1-7H2. The molecule has 0 aromatic carbocycles. The molecule has 10 heavy (non-hydrogen) atoms. The Kier molecular flexibility index (Phi) is 3.41. The lowest BCUT2D eigenvalue weighted by atomic mass is 9.87. The maximum Gasteiger partial charge on any atom is 0.0813 e. The van der Waals surface area contributed by atoms with Gasteiger partial charge in [0.2, 0.25) is 0 Å². The Balaban J connectivity index is 2.07. The van der Waals surface area contributed by atoms with Crippen LogP contribution in [-0.2, 0) is 0 Å². The molecule has 0 bridgehead atoms. The first-order chi connectivity index (χ1) is 4.93. The molecule has 1 saturated carbocycles. The summed E-state index contributed by atoms with van der Waals surface area (Å²) in [6.45, 7) is 0.532. The van der Waals surface area contributed by atoms with Crippen LogP contribution in [0.3, 0.4) is 0 Å². The van der Waals surface area contributed by atoms with Gasteiger partial charge in [-0.3, -0.25) is 0 Å². The molecule has 1 fully saturated rings. The molecule has 0 radical (unpaired) electrons. The van der Waals surface area contributed by atoms with Crippen molar-refractivity contribution in [3.05, 3.63) is 4.91 Å². The number of rotatable bonds is 3. The van der Waals surface area contributed by atoms with Gasteiger partial charge in [-0.15, -0.1) is 0 Å². The van der Waals surface area contributed by atoms with Gasteiger partial charge in [-0.05, 0) is 12.3 Å². The van der Waals surface area contributed by atoms with Gasteiger partial charge >= 0.3 is 0 Å². The summed E-state index contributed by atoms with van der Waals surface area (Å²) in [6, 6.07) is 0. The van der Waals surface area contributed by atoms with Crippen molar-refractivity contribution in [3.63, 3.8) is 0 Å². The van der Waals surface area contributed by atoms with Gasteiger partial charge in [0.05, 0.1) is 6.54 Å². The monoisotopic (exact) mass is 141 g/mol. The summed E-state index contributed by atoms with van der Waals surface area (Å²) in [4.78, 5) is 9.80. The fourth-order valence-electron chi connectivity index (χ4n) is 1.71. The zero-order valence-electron chi connectivity index (χ0n) is 6.38. The van der Waals surface area contributed by atoms with E-state index in [1.54, 1.807) is 0 Å². The molecule has 0 N–H and O–H groups in total. The van der Waals surface area contributed by atoms with Crippen molar-refractivity contribution in [2.45, 2.75) is 38.5 Å². The number of nitrogens with zero attached hydrogens (tertiary/aromatic N) is 1. The molecule has 0 unspecified atom stereocenters. The third-order valence-electron chi connectivity index (χ3n) is 2.35. The quantitative estimate of drug-likeness (QED) is 0.555.